The van der Waals surface area contributed by atoms with E-state index in [0.717, 1.165) is 6.42 Å². The van der Waals surface area contributed by atoms with Crippen molar-refractivity contribution in [3.05, 3.63) is 29.8 Å². The van der Waals surface area contributed by atoms with Crippen LogP contribution in [-0.2, 0) is 26.6 Å². The van der Waals surface area contributed by atoms with Gasteiger partial charge in [-0.05, 0) is 24.1 Å². The fraction of sp³-hybridized carbons (Fsp3) is 0.455. The van der Waals surface area contributed by atoms with Crippen LogP contribution < -0.4 is 9.86 Å². The second kappa shape index (κ2) is 6.47. The van der Waals surface area contributed by atoms with Crippen LogP contribution in [0.1, 0.15) is 25.3 Å². The summed E-state index contributed by atoms with van der Waals surface area (Å²) in [6.07, 6.45) is 1.42. The first kappa shape index (κ1) is 16.1. The quantitative estimate of drug-likeness (QED) is 0.767. The van der Waals surface area contributed by atoms with Crippen molar-refractivity contribution >= 4 is 20.0 Å². The minimum absolute atomic E-state index is 0.00471. The van der Waals surface area contributed by atoms with Crippen LogP contribution in [0.25, 0.3) is 0 Å². The Morgan fingerprint density at radius 2 is 1.68 bits per heavy atom. The highest BCUT2D eigenvalue weighted by Crippen LogP contribution is 2.09. The molecule has 0 aliphatic heterocycles. The van der Waals surface area contributed by atoms with Gasteiger partial charge in [0, 0.05) is 6.54 Å². The predicted molar refractivity (Wildman–Crippen MR) is 73.3 cm³/mol. The van der Waals surface area contributed by atoms with Gasteiger partial charge in [0.05, 0.1) is 10.6 Å². The summed E-state index contributed by atoms with van der Waals surface area (Å²) in [5.41, 5.74) is 0.674. The van der Waals surface area contributed by atoms with E-state index in [1.54, 1.807) is 0 Å². The molecule has 0 radical (unpaired) electrons. The van der Waals surface area contributed by atoms with Crippen LogP contribution in [0.3, 0.4) is 0 Å². The van der Waals surface area contributed by atoms with Gasteiger partial charge in [0.1, 0.15) is 0 Å². The van der Waals surface area contributed by atoms with E-state index < -0.39 is 20.0 Å². The second-order valence-corrected chi connectivity index (χ2v) is 7.67. The molecular weight excluding hydrogens is 288 g/mol. The van der Waals surface area contributed by atoms with E-state index in [4.69, 9.17) is 5.14 Å². The van der Waals surface area contributed by atoms with Gasteiger partial charge < -0.3 is 0 Å². The number of nitrogens with two attached hydrogens (primary N) is 1. The molecule has 8 heteroatoms. The maximum atomic E-state index is 11.6. The molecule has 0 saturated heterocycles. The molecule has 0 fully saturated rings. The summed E-state index contributed by atoms with van der Waals surface area (Å²) in [5.74, 6) is 0.0960. The van der Waals surface area contributed by atoms with E-state index in [-0.39, 0.29) is 17.2 Å². The van der Waals surface area contributed by atoms with Gasteiger partial charge in [-0.25, -0.2) is 26.7 Å². The Bertz CT molecular complexity index is 607. The Hall–Kier alpha value is -0.960. The van der Waals surface area contributed by atoms with Crippen molar-refractivity contribution in [3.63, 3.8) is 0 Å². The molecule has 0 amide bonds. The van der Waals surface area contributed by atoms with Crippen molar-refractivity contribution in [2.24, 2.45) is 5.14 Å². The summed E-state index contributed by atoms with van der Waals surface area (Å²) in [7, 11) is -6.99. The summed E-state index contributed by atoms with van der Waals surface area (Å²) in [6.45, 7) is 2.05. The van der Waals surface area contributed by atoms with E-state index >= 15 is 0 Å². The topological polar surface area (TPSA) is 106 Å². The summed E-state index contributed by atoms with van der Waals surface area (Å²) in [4.78, 5) is 0.00471. The normalized spacial score (nSPS) is 12.5. The average Bonchev–Trinajstić information content (AvgIpc) is 2.34. The van der Waals surface area contributed by atoms with Gasteiger partial charge in [0.25, 0.3) is 0 Å². The number of benzene rings is 1. The highest BCUT2D eigenvalue weighted by atomic mass is 32.2. The van der Waals surface area contributed by atoms with Gasteiger partial charge in [-0.1, -0.05) is 25.5 Å². The van der Waals surface area contributed by atoms with Crippen molar-refractivity contribution in [3.8, 4) is 0 Å². The van der Waals surface area contributed by atoms with Crippen LogP contribution in [0.2, 0.25) is 0 Å². The first-order chi connectivity index (χ1) is 8.74. The van der Waals surface area contributed by atoms with Crippen molar-refractivity contribution in [1.29, 1.82) is 0 Å². The summed E-state index contributed by atoms with van der Waals surface area (Å²) >= 11 is 0. The van der Waals surface area contributed by atoms with E-state index in [9.17, 15) is 16.8 Å². The molecule has 3 N–H and O–H groups in total. The molecule has 0 heterocycles. The maximum absolute atomic E-state index is 11.6. The zero-order valence-corrected chi connectivity index (χ0v) is 12.3. The fourth-order valence-electron chi connectivity index (χ4n) is 1.40. The third kappa shape index (κ3) is 5.68. The molecule has 0 saturated carbocycles. The van der Waals surface area contributed by atoms with Gasteiger partial charge in [0.15, 0.2) is 0 Å². The molecule has 0 bridgehead atoms. The second-order valence-electron chi connectivity index (χ2n) is 4.18. The highest BCUT2D eigenvalue weighted by molar-refractivity contribution is 7.89. The van der Waals surface area contributed by atoms with Crippen molar-refractivity contribution < 1.29 is 16.8 Å². The molecule has 6 nitrogen and oxygen atoms in total. The third-order valence-electron chi connectivity index (χ3n) is 2.51. The van der Waals surface area contributed by atoms with Crippen molar-refractivity contribution in [2.75, 3.05) is 5.75 Å². The number of unbranched alkanes of at least 4 members (excludes halogenated alkanes) is 1. The summed E-state index contributed by atoms with van der Waals surface area (Å²) in [6, 6.07) is 5.76. The van der Waals surface area contributed by atoms with Gasteiger partial charge in [-0.15, -0.1) is 0 Å². The van der Waals surface area contributed by atoms with Crippen LogP contribution in [0.4, 0.5) is 0 Å². The largest absolute Gasteiger partial charge is 0.238 e. The lowest BCUT2D eigenvalue weighted by Gasteiger charge is -2.06. The Morgan fingerprint density at radius 1 is 1.11 bits per heavy atom. The molecule has 1 aromatic rings. The lowest BCUT2D eigenvalue weighted by Crippen LogP contribution is -2.25. The van der Waals surface area contributed by atoms with Crippen LogP contribution in [0, 0.1) is 0 Å². The molecular formula is C11H18N2O4S2. The molecule has 0 aromatic heterocycles. The van der Waals surface area contributed by atoms with Gasteiger partial charge in [-0.2, -0.15) is 0 Å². The number of hydrogen-bond donors (Lipinski definition) is 2. The minimum Gasteiger partial charge on any atom is -0.225 e. The maximum Gasteiger partial charge on any atom is 0.238 e. The van der Waals surface area contributed by atoms with E-state index in [1.165, 1.54) is 24.3 Å². The SMILES string of the molecule is CCCCS(=O)(=O)NCc1ccc(S(N)(=O)=O)cc1. The third-order valence-corrected chi connectivity index (χ3v) is 4.85. The summed E-state index contributed by atoms with van der Waals surface area (Å²) in [5, 5.41) is 4.97. The molecule has 1 rings (SSSR count). The number of hydrogen-bond acceptors (Lipinski definition) is 4. The van der Waals surface area contributed by atoms with E-state index in [1.807, 2.05) is 6.92 Å². The van der Waals surface area contributed by atoms with Crippen LogP contribution in [-0.4, -0.2) is 22.6 Å². The Balaban J connectivity index is 2.65. The average molecular weight is 306 g/mol. The molecule has 0 atom stereocenters. The summed E-state index contributed by atoms with van der Waals surface area (Å²) < 4.78 is 47.7. The minimum atomic E-state index is -3.71. The number of nitrogens with one attached hydrogen (secondary N) is 1. The van der Waals surface area contributed by atoms with Crippen LogP contribution in [0.5, 0.6) is 0 Å². The predicted octanol–water partition coefficient (Wildman–Crippen LogP) is 0.554. The lowest BCUT2D eigenvalue weighted by molar-refractivity contribution is 0.577. The molecule has 0 aliphatic carbocycles. The molecule has 0 aliphatic rings. The Morgan fingerprint density at radius 3 is 2.16 bits per heavy atom. The van der Waals surface area contributed by atoms with Gasteiger partial charge in [-0.3, -0.25) is 0 Å². The fourth-order valence-corrected chi connectivity index (χ4v) is 3.11. The van der Waals surface area contributed by atoms with E-state index in [0.29, 0.717) is 12.0 Å². The Kier molecular flexibility index (Phi) is 5.48. The number of rotatable bonds is 7. The molecule has 1 aromatic carbocycles. The zero-order chi connectivity index (χ0) is 14.5. The molecule has 0 unspecified atom stereocenters. The van der Waals surface area contributed by atoms with Crippen molar-refractivity contribution in [2.45, 2.75) is 31.2 Å². The highest BCUT2D eigenvalue weighted by Gasteiger charge is 2.10. The zero-order valence-electron chi connectivity index (χ0n) is 10.7. The van der Waals surface area contributed by atoms with Crippen LogP contribution >= 0.6 is 0 Å². The Labute approximate surface area is 114 Å². The lowest BCUT2D eigenvalue weighted by atomic mass is 10.2. The standard InChI is InChI=1S/C11H18N2O4S2/c1-2-3-8-18(14,15)13-9-10-4-6-11(7-5-10)19(12,16)17/h4-7,13H,2-3,8-9H2,1H3,(H2,12,16,17). The first-order valence-corrected chi connectivity index (χ1v) is 9.03. The first-order valence-electron chi connectivity index (χ1n) is 5.83. The molecule has 19 heavy (non-hydrogen) atoms. The monoisotopic (exact) mass is 306 g/mol. The van der Waals surface area contributed by atoms with Gasteiger partial charge >= 0.3 is 0 Å². The van der Waals surface area contributed by atoms with Crippen LogP contribution in [0.15, 0.2) is 29.2 Å². The van der Waals surface area contributed by atoms with Gasteiger partial charge in [0.2, 0.25) is 20.0 Å². The number of sulfonamides is 2. The number of primary sulfonamides is 1. The van der Waals surface area contributed by atoms with Crippen molar-refractivity contribution in [1.82, 2.24) is 4.72 Å². The smallest absolute Gasteiger partial charge is 0.225 e. The van der Waals surface area contributed by atoms with E-state index in [2.05, 4.69) is 4.72 Å². The molecule has 0 spiro atoms. The molecule has 108 valence electrons.